The number of aromatic nitrogens is 1. The molecular weight excluding hydrogens is 286 g/mol. The van der Waals surface area contributed by atoms with Gasteiger partial charge in [-0.1, -0.05) is 37.6 Å². The molecule has 2 atom stereocenters. The van der Waals surface area contributed by atoms with Crippen molar-refractivity contribution >= 4 is 16.8 Å². The monoisotopic (exact) mass is 311 g/mol. The minimum Gasteiger partial charge on any atom is -0.343 e. The summed E-state index contributed by atoms with van der Waals surface area (Å²) in [5.41, 5.74) is 2.32. The summed E-state index contributed by atoms with van der Waals surface area (Å²) in [6.45, 7) is 6.44. The van der Waals surface area contributed by atoms with Gasteiger partial charge in [0.05, 0.1) is 5.52 Å². The summed E-state index contributed by atoms with van der Waals surface area (Å²) < 4.78 is 0. The zero-order chi connectivity index (χ0) is 16.2. The van der Waals surface area contributed by atoms with Gasteiger partial charge in [-0.15, -0.1) is 0 Å². The summed E-state index contributed by atoms with van der Waals surface area (Å²) >= 11 is 0. The average Bonchev–Trinajstić information content (AvgIpc) is 2.59. The van der Waals surface area contributed by atoms with Crippen LogP contribution < -0.4 is 5.32 Å². The third-order valence-corrected chi connectivity index (χ3v) is 4.97. The third kappa shape index (κ3) is 3.53. The minimum absolute atomic E-state index is 0.195. The highest BCUT2D eigenvalue weighted by molar-refractivity contribution is 5.81. The smallest absolute Gasteiger partial charge is 0.219 e. The van der Waals surface area contributed by atoms with Crippen molar-refractivity contribution in [3.8, 4) is 0 Å². The van der Waals surface area contributed by atoms with E-state index in [0.717, 1.165) is 38.0 Å². The summed E-state index contributed by atoms with van der Waals surface area (Å²) in [7, 11) is 0. The number of nitrogens with one attached hydrogen (secondary N) is 1. The predicted molar refractivity (Wildman–Crippen MR) is 93.0 cm³/mol. The number of likely N-dealkylation sites (tertiary alicyclic amines) is 1. The Bertz CT molecular complexity index is 680. The van der Waals surface area contributed by atoms with Crippen LogP contribution in [0.5, 0.6) is 0 Å². The molecule has 4 nitrogen and oxygen atoms in total. The Balaban J connectivity index is 1.68. The Kier molecular flexibility index (Phi) is 4.91. The van der Waals surface area contributed by atoms with Crippen LogP contribution >= 0.6 is 0 Å². The summed E-state index contributed by atoms with van der Waals surface area (Å²) in [5, 5.41) is 4.90. The van der Waals surface area contributed by atoms with Crippen molar-refractivity contribution in [2.24, 2.45) is 5.92 Å². The number of fused-ring (bicyclic) bond motifs is 1. The quantitative estimate of drug-likeness (QED) is 0.944. The number of piperidine rings is 1. The maximum absolute atomic E-state index is 11.6. The molecule has 0 radical (unpaired) electrons. The molecule has 2 aromatic rings. The van der Waals surface area contributed by atoms with E-state index in [0.29, 0.717) is 12.0 Å². The largest absolute Gasteiger partial charge is 0.343 e. The normalized spacial score (nSPS) is 21.6. The van der Waals surface area contributed by atoms with Crippen LogP contribution in [-0.4, -0.2) is 34.9 Å². The minimum atomic E-state index is 0.195. The maximum Gasteiger partial charge on any atom is 0.219 e. The summed E-state index contributed by atoms with van der Waals surface area (Å²) in [6, 6.07) is 10.9. The second kappa shape index (κ2) is 7.09. The van der Waals surface area contributed by atoms with Crippen LogP contribution in [0.2, 0.25) is 0 Å². The van der Waals surface area contributed by atoms with Crippen LogP contribution in [0, 0.1) is 5.92 Å². The number of para-hydroxylation sites is 1. The molecule has 4 heteroatoms. The highest BCUT2D eigenvalue weighted by atomic mass is 16.2. The second-order valence-corrected chi connectivity index (χ2v) is 6.40. The van der Waals surface area contributed by atoms with Gasteiger partial charge < -0.3 is 10.2 Å². The van der Waals surface area contributed by atoms with Gasteiger partial charge in [0.2, 0.25) is 5.91 Å². The van der Waals surface area contributed by atoms with E-state index >= 15 is 0 Å². The summed E-state index contributed by atoms with van der Waals surface area (Å²) in [6.07, 6.45) is 3.97. The maximum atomic E-state index is 11.6. The van der Waals surface area contributed by atoms with Crippen molar-refractivity contribution in [2.75, 3.05) is 13.1 Å². The van der Waals surface area contributed by atoms with Gasteiger partial charge in [0.25, 0.3) is 0 Å². The first-order valence-corrected chi connectivity index (χ1v) is 8.50. The predicted octanol–water partition coefficient (Wildman–Crippen LogP) is 2.97. The molecule has 1 amide bonds. The molecule has 122 valence electrons. The highest BCUT2D eigenvalue weighted by Crippen LogP contribution is 2.22. The standard InChI is InChI=1S/C19H25N3O/c1-3-15-13-22(14(2)23)11-9-18(15)21-12-17-7-4-6-16-8-5-10-20-19(16)17/h4-8,10,15,18,21H,3,9,11-13H2,1-2H3/t15-,18+/m0/s1. The lowest BCUT2D eigenvalue weighted by Crippen LogP contribution is -2.50. The summed E-state index contributed by atoms with van der Waals surface area (Å²) in [4.78, 5) is 18.1. The van der Waals surface area contributed by atoms with Gasteiger partial charge in [0, 0.05) is 44.2 Å². The van der Waals surface area contributed by atoms with E-state index in [2.05, 4.69) is 41.5 Å². The number of hydrogen-bond acceptors (Lipinski definition) is 3. The second-order valence-electron chi connectivity index (χ2n) is 6.40. The lowest BCUT2D eigenvalue weighted by molar-refractivity contribution is -0.131. The molecule has 23 heavy (non-hydrogen) atoms. The number of pyridine rings is 1. The molecule has 0 saturated carbocycles. The van der Waals surface area contributed by atoms with Crippen LogP contribution in [0.3, 0.4) is 0 Å². The van der Waals surface area contributed by atoms with Gasteiger partial charge in [0.15, 0.2) is 0 Å². The van der Waals surface area contributed by atoms with Gasteiger partial charge in [-0.25, -0.2) is 0 Å². The average molecular weight is 311 g/mol. The Morgan fingerprint density at radius 1 is 1.35 bits per heavy atom. The number of nitrogens with zero attached hydrogens (tertiary/aromatic N) is 2. The van der Waals surface area contributed by atoms with Gasteiger partial charge in [-0.2, -0.15) is 0 Å². The van der Waals surface area contributed by atoms with E-state index in [1.165, 1.54) is 10.9 Å². The van der Waals surface area contributed by atoms with Crippen molar-refractivity contribution in [1.82, 2.24) is 15.2 Å². The molecule has 0 spiro atoms. The molecule has 1 aromatic carbocycles. The van der Waals surface area contributed by atoms with Crippen LogP contribution in [-0.2, 0) is 11.3 Å². The Morgan fingerprint density at radius 2 is 2.17 bits per heavy atom. The zero-order valence-electron chi connectivity index (χ0n) is 14.0. The summed E-state index contributed by atoms with van der Waals surface area (Å²) in [5.74, 6) is 0.718. The van der Waals surface area contributed by atoms with E-state index in [4.69, 9.17) is 0 Å². The van der Waals surface area contributed by atoms with Gasteiger partial charge in [0.1, 0.15) is 0 Å². The molecular formula is C19H25N3O. The fraction of sp³-hybridized carbons (Fsp3) is 0.474. The van der Waals surface area contributed by atoms with Crippen molar-refractivity contribution in [3.63, 3.8) is 0 Å². The van der Waals surface area contributed by atoms with Crippen LogP contribution in [0.1, 0.15) is 32.3 Å². The van der Waals surface area contributed by atoms with Crippen LogP contribution in [0.15, 0.2) is 36.5 Å². The lowest BCUT2D eigenvalue weighted by atomic mass is 9.89. The number of amides is 1. The van der Waals surface area contributed by atoms with Gasteiger partial charge in [-0.05, 0) is 24.0 Å². The van der Waals surface area contributed by atoms with E-state index in [1.807, 2.05) is 17.2 Å². The molecule has 1 saturated heterocycles. The molecule has 0 unspecified atom stereocenters. The number of carbonyl (C=O) groups excluding carboxylic acids is 1. The zero-order valence-corrected chi connectivity index (χ0v) is 14.0. The molecule has 2 heterocycles. The lowest BCUT2D eigenvalue weighted by Gasteiger charge is -2.38. The first-order valence-electron chi connectivity index (χ1n) is 8.50. The third-order valence-electron chi connectivity index (χ3n) is 4.97. The number of rotatable bonds is 4. The Hall–Kier alpha value is -1.94. The van der Waals surface area contributed by atoms with Gasteiger partial charge in [-0.3, -0.25) is 9.78 Å². The molecule has 1 aromatic heterocycles. The first kappa shape index (κ1) is 15.9. The fourth-order valence-corrected chi connectivity index (χ4v) is 3.55. The van der Waals surface area contributed by atoms with Crippen LogP contribution in [0.4, 0.5) is 0 Å². The number of hydrogen-bond donors (Lipinski definition) is 1. The SMILES string of the molecule is CC[C@H]1CN(C(C)=O)CC[C@H]1NCc1cccc2cccnc12. The first-order chi connectivity index (χ1) is 11.2. The Morgan fingerprint density at radius 3 is 2.96 bits per heavy atom. The van der Waals surface area contributed by atoms with Gasteiger partial charge >= 0.3 is 0 Å². The topological polar surface area (TPSA) is 45.2 Å². The van der Waals surface area contributed by atoms with E-state index in [1.54, 1.807) is 6.92 Å². The van der Waals surface area contributed by atoms with Crippen molar-refractivity contribution in [2.45, 2.75) is 39.3 Å². The van der Waals surface area contributed by atoms with Crippen molar-refractivity contribution in [1.29, 1.82) is 0 Å². The van der Waals surface area contributed by atoms with E-state index < -0.39 is 0 Å². The highest BCUT2D eigenvalue weighted by Gasteiger charge is 2.28. The van der Waals surface area contributed by atoms with Crippen LogP contribution in [0.25, 0.3) is 10.9 Å². The Labute approximate surface area is 137 Å². The molecule has 3 rings (SSSR count). The number of benzene rings is 1. The molecule has 0 bridgehead atoms. The molecule has 1 fully saturated rings. The molecule has 1 N–H and O–H groups in total. The van der Waals surface area contributed by atoms with E-state index in [-0.39, 0.29) is 5.91 Å². The fourth-order valence-electron chi connectivity index (χ4n) is 3.55. The molecule has 0 aliphatic carbocycles. The number of carbonyl (C=O) groups is 1. The van der Waals surface area contributed by atoms with Crippen molar-refractivity contribution in [3.05, 3.63) is 42.1 Å². The molecule has 1 aliphatic heterocycles. The van der Waals surface area contributed by atoms with E-state index in [9.17, 15) is 4.79 Å². The van der Waals surface area contributed by atoms with Crippen molar-refractivity contribution < 1.29 is 4.79 Å². The molecule has 1 aliphatic rings.